The zero-order valence-corrected chi connectivity index (χ0v) is 20.7. The van der Waals surface area contributed by atoms with Crippen LogP contribution in [0.3, 0.4) is 0 Å². The molecule has 0 amide bonds. The lowest BCUT2D eigenvalue weighted by Crippen LogP contribution is -2.39. The minimum Gasteiger partial charge on any atom is -0.399 e. The third-order valence-corrected chi connectivity index (χ3v) is 5.13. The molecule has 0 unspecified atom stereocenters. The molecule has 4 heterocycles. The first kappa shape index (κ1) is 29.9. The smallest absolute Gasteiger partial charge is 0.251 e. The van der Waals surface area contributed by atoms with Gasteiger partial charge in [0, 0.05) is 81.1 Å². The van der Waals surface area contributed by atoms with Crippen molar-refractivity contribution in [1.82, 2.24) is 20.3 Å². The number of hydrogen-bond donors (Lipinski definition) is 3. The third kappa shape index (κ3) is 10.9. The second kappa shape index (κ2) is 13.1. The number of pyridine rings is 1. The van der Waals surface area contributed by atoms with Crippen LogP contribution in [0, 0.1) is 13.8 Å². The number of aryl methyl sites for hydroxylation is 2. The number of anilines is 3. The van der Waals surface area contributed by atoms with Gasteiger partial charge in [0.25, 0.3) is 11.8 Å². The Kier molecular flexibility index (Phi) is 11.5. The largest absolute Gasteiger partial charge is 0.399 e. The number of aromatic nitrogens is 3. The summed E-state index contributed by atoms with van der Waals surface area (Å²) in [5.74, 6) is -3.79. The van der Waals surface area contributed by atoms with Gasteiger partial charge in [-0.15, -0.1) is 12.4 Å². The first-order valence-corrected chi connectivity index (χ1v) is 11.0. The molecule has 4 rings (SSSR count). The van der Waals surface area contributed by atoms with Crippen molar-refractivity contribution >= 4 is 41.3 Å². The number of halogens is 6. The van der Waals surface area contributed by atoms with Gasteiger partial charge in [0.15, 0.2) is 0 Å². The minimum atomic E-state index is -2.52. The fourth-order valence-corrected chi connectivity index (χ4v) is 3.48. The van der Waals surface area contributed by atoms with Crippen LogP contribution in [0.2, 0.25) is 5.28 Å². The monoisotopic (exact) mass is 527 g/mol. The third-order valence-electron chi connectivity index (χ3n) is 4.96. The Balaban J connectivity index is 0.000000274. The van der Waals surface area contributed by atoms with Crippen molar-refractivity contribution in [2.45, 2.75) is 51.4 Å². The van der Waals surface area contributed by atoms with E-state index in [2.05, 4.69) is 20.3 Å². The molecule has 5 N–H and O–H groups in total. The zero-order valence-electron chi connectivity index (χ0n) is 19.1. The highest BCUT2D eigenvalue weighted by atomic mass is 35.5. The molecule has 0 aromatic carbocycles. The summed E-state index contributed by atoms with van der Waals surface area (Å²) in [5.41, 5.74) is 13.3. The molecule has 0 bridgehead atoms. The SMILES string of the molecule is Cc1cc(N)cc(N2CCC(F)(F)CC2)n1.Cc1cc(N)nc(Cl)n1.Cl.FC1(F)CCNCC1. The van der Waals surface area contributed by atoms with Crippen molar-refractivity contribution in [2.24, 2.45) is 0 Å². The highest BCUT2D eigenvalue weighted by Crippen LogP contribution is 2.30. The fourth-order valence-electron chi connectivity index (χ4n) is 3.25. The van der Waals surface area contributed by atoms with E-state index < -0.39 is 11.8 Å². The summed E-state index contributed by atoms with van der Waals surface area (Å²) in [7, 11) is 0. The summed E-state index contributed by atoms with van der Waals surface area (Å²) < 4.78 is 50.3. The number of piperidine rings is 2. The number of rotatable bonds is 1. The Morgan fingerprint density at radius 1 is 0.853 bits per heavy atom. The molecule has 34 heavy (non-hydrogen) atoms. The molecule has 2 saturated heterocycles. The van der Waals surface area contributed by atoms with E-state index in [-0.39, 0.29) is 43.4 Å². The molecular weight excluding hydrogens is 497 g/mol. The number of nitrogens with one attached hydrogen (secondary N) is 1. The predicted octanol–water partition coefficient (Wildman–Crippen LogP) is 4.66. The van der Waals surface area contributed by atoms with E-state index in [9.17, 15) is 17.6 Å². The van der Waals surface area contributed by atoms with Gasteiger partial charge >= 0.3 is 0 Å². The molecular formula is C21H31Cl2F4N7. The Labute approximate surface area is 208 Å². The molecule has 0 atom stereocenters. The van der Waals surface area contributed by atoms with Crippen LogP contribution in [0.25, 0.3) is 0 Å². The van der Waals surface area contributed by atoms with E-state index in [4.69, 9.17) is 23.1 Å². The standard InChI is InChI=1S/C11H15F2N3.C5H6ClN3.C5H9F2N.ClH/c1-8-6-9(14)7-10(15-8)16-4-2-11(12,13)3-5-16;1-3-2-4(7)9-5(6)8-3;6-5(7)1-3-8-4-2-5;/h6-7H,2-5H2,1H3,(H2,14,15);2H,1H3,(H2,7,8,9);8H,1-4H2;1H. The maximum Gasteiger partial charge on any atom is 0.251 e. The van der Waals surface area contributed by atoms with Crippen LogP contribution in [-0.2, 0) is 0 Å². The normalized spacial score (nSPS) is 18.4. The van der Waals surface area contributed by atoms with E-state index in [0.29, 0.717) is 43.5 Å². The summed E-state index contributed by atoms with van der Waals surface area (Å²) in [6.45, 7) is 5.26. The zero-order chi connectivity index (χ0) is 24.6. The molecule has 0 spiro atoms. The van der Waals surface area contributed by atoms with Crippen molar-refractivity contribution in [2.75, 3.05) is 42.5 Å². The molecule has 0 saturated carbocycles. The van der Waals surface area contributed by atoms with E-state index >= 15 is 0 Å². The molecule has 13 heteroatoms. The molecule has 192 valence electrons. The Morgan fingerprint density at radius 3 is 1.82 bits per heavy atom. The van der Waals surface area contributed by atoms with Gasteiger partial charge in [0.1, 0.15) is 11.6 Å². The quantitative estimate of drug-likeness (QED) is 0.365. The van der Waals surface area contributed by atoms with E-state index in [1.807, 2.05) is 18.7 Å². The van der Waals surface area contributed by atoms with Gasteiger partial charge in [0.05, 0.1) is 0 Å². The number of nitrogens with zero attached hydrogens (tertiary/aromatic N) is 4. The van der Waals surface area contributed by atoms with Crippen molar-refractivity contribution in [1.29, 1.82) is 0 Å². The van der Waals surface area contributed by atoms with Gasteiger partial charge in [-0.1, -0.05) is 0 Å². The second-order valence-electron chi connectivity index (χ2n) is 8.05. The lowest BCUT2D eigenvalue weighted by molar-refractivity contribution is -0.0274. The van der Waals surface area contributed by atoms with Crippen LogP contribution in [0.5, 0.6) is 0 Å². The van der Waals surface area contributed by atoms with E-state index in [1.165, 1.54) is 0 Å². The van der Waals surface area contributed by atoms with Crippen LogP contribution in [0.4, 0.5) is 34.9 Å². The molecule has 7 nitrogen and oxygen atoms in total. The van der Waals surface area contributed by atoms with Crippen LogP contribution in [0.15, 0.2) is 18.2 Å². The summed E-state index contributed by atoms with van der Waals surface area (Å²) >= 11 is 5.45. The van der Waals surface area contributed by atoms with Gasteiger partial charge in [-0.2, -0.15) is 0 Å². The van der Waals surface area contributed by atoms with Gasteiger partial charge in [-0.25, -0.2) is 32.5 Å². The fraction of sp³-hybridized carbons (Fsp3) is 0.571. The molecule has 2 fully saturated rings. The number of nitrogens with two attached hydrogens (primary N) is 2. The minimum absolute atomic E-state index is 0. The second-order valence-corrected chi connectivity index (χ2v) is 8.39. The van der Waals surface area contributed by atoms with Crippen LogP contribution < -0.4 is 21.7 Å². The average Bonchev–Trinajstić information content (AvgIpc) is 2.67. The van der Waals surface area contributed by atoms with Crippen molar-refractivity contribution < 1.29 is 17.6 Å². The first-order chi connectivity index (χ1) is 15.3. The maximum absolute atomic E-state index is 13.0. The van der Waals surface area contributed by atoms with E-state index in [0.717, 1.165) is 11.4 Å². The number of alkyl halides is 4. The van der Waals surface area contributed by atoms with Crippen molar-refractivity contribution in [3.8, 4) is 0 Å². The number of hydrogen-bond acceptors (Lipinski definition) is 7. The molecule has 0 aliphatic carbocycles. The van der Waals surface area contributed by atoms with Crippen LogP contribution in [0.1, 0.15) is 37.1 Å². The Morgan fingerprint density at radius 2 is 1.38 bits per heavy atom. The molecule has 2 aliphatic rings. The molecule has 2 aromatic rings. The average molecular weight is 528 g/mol. The van der Waals surface area contributed by atoms with E-state index in [1.54, 1.807) is 18.2 Å². The van der Waals surface area contributed by atoms with Gasteiger partial charge in [-0.3, -0.25) is 0 Å². The van der Waals surface area contributed by atoms with Crippen LogP contribution in [-0.4, -0.2) is 53.0 Å². The summed E-state index contributed by atoms with van der Waals surface area (Å²) in [6, 6.07) is 5.16. The topological polar surface area (TPSA) is 106 Å². The lowest BCUT2D eigenvalue weighted by atomic mass is 10.1. The summed E-state index contributed by atoms with van der Waals surface area (Å²) in [4.78, 5) is 13.6. The van der Waals surface area contributed by atoms with Gasteiger partial charge in [0.2, 0.25) is 5.28 Å². The Hall–Kier alpha value is -2.11. The van der Waals surface area contributed by atoms with Crippen molar-refractivity contribution in [3.05, 3.63) is 34.9 Å². The first-order valence-electron chi connectivity index (χ1n) is 10.6. The molecule has 2 aliphatic heterocycles. The summed E-state index contributed by atoms with van der Waals surface area (Å²) in [5, 5.41) is 3.06. The highest BCUT2D eigenvalue weighted by molar-refractivity contribution is 6.28. The van der Waals surface area contributed by atoms with Gasteiger partial charge in [-0.05, 0) is 31.5 Å². The summed E-state index contributed by atoms with van der Waals surface area (Å²) in [6.07, 6.45) is -0.203. The lowest BCUT2D eigenvalue weighted by Gasteiger charge is -2.32. The maximum atomic E-state index is 13.0. The van der Waals surface area contributed by atoms with Gasteiger partial charge < -0.3 is 21.7 Å². The van der Waals surface area contributed by atoms with Crippen molar-refractivity contribution in [3.63, 3.8) is 0 Å². The Bertz CT molecular complexity index is 830. The molecule has 0 radical (unpaired) electrons. The number of nitrogen functional groups attached to an aromatic ring is 2. The molecule has 2 aromatic heterocycles. The predicted molar refractivity (Wildman–Crippen MR) is 130 cm³/mol. The highest BCUT2D eigenvalue weighted by Gasteiger charge is 2.34. The van der Waals surface area contributed by atoms with Crippen LogP contribution >= 0.6 is 24.0 Å².